The molecule has 1 aliphatic heterocycles. The third-order valence-corrected chi connectivity index (χ3v) is 5.12. The first kappa shape index (κ1) is 15.1. The lowest BCUT2D eigenvalue weighted by Crippen LogP contribution is -2.38. The molecule has 22 heavy (non-hydrogen) atoms. The molecule has 3 heterocycles. The number of sulfonamides is 1. The van der Waals surface area contributed by atoms with E-state index in [0.29, 0.717) is 17.9 Å². The van der Waals surface area contributed by atoms with Crippen LogP contribution in [0.15, 0.2) is 36.9 Å². The Morgan fingerprint density at radius 2 is 2.05 bits per heavy atom. The summed E-state index contributed by atoms with van der Waals surface area (Å²) in [6.45, 7) is 0.544. The smallest absolute Gasteiger partial charge is 0.211 e. The van der Waals surface area contributed by atoms with E-state index in [1.54, 1.807) is 24.8 Å². The Kier molecular flexibility index (Phi) is 4.17. The lowest BCUT2D eigenvalue weighted by Gasteiger charge is -2.33. The van der Waals surface area contributed by atoms with Crippen LogP contribution in [0.1, 0.15) is 31.0 Å². The molecule has 0 radical (unpaired) electrons. The Hall–Kier alpha value is -1.86. The van der Waals surface area contributed by atoms with Gasteiger partial charge in [0, 0.05) is 24.5 Å². The summed E-state index contributed by atoms with van der Waals surface area (Å²) in [4.78, 5) is 12.9. The van der Waals surface area contributed by atoms with E-state index in [1.165, 1.54) is 10.6 Å². The van der Waals surface area contributed by atoms with Crippen molar-refractivity contribution < 1.29 is 8.42 Å². The summed E-state index contributed by atoms with van der Waals surface area (Å²) in [5.41, 5.74) is 2.29. The average Bonchev–Trinajstić information content (AvgIpc) is 2.55. The molecule has 1 aliphatic rings. The molecule has 0 saturated carbocycles. The summed E-state index contributed by atoms with van der Waals surface area (Å²) in [6, 6.07) is 3.52. The van der Waals surface area contributed by atoms with Crippen LogP contribution in [0.5, 0.6) is 0 Å². The summed E-state index contributed by atoms with van der Waals surface area (Å²) in [7, 11) is -3.25. The number of piperidine rings is 1. The number of pyridine rings is 1. The van der Waals surface area contributed by atoms with Crippen LogP contribution in [-0.4, -0.2) is 40.5 Å². The number of hydrogen-bond donors (Lipinski definition) is 0. The molecule has 1 saturated heterocycles. The predicted octanol–water partition coefficient (Wildman–Crippen LogP) is 2.03. The summed E-state index contributed by atoms with van der Waals surface area (Å²) >= 11 is 0. The lowest BCUT2D eigenvalue weighted by atomic mass is 10.0. The number of nitrogens with zero attached hydrogens (tertiary/aromatic N) is 4. The standard InChI is InChI=1S/C15H18N4O2S/c1-22(20,21)19-8-3-2-6-15(19)14-11-17-10-13(18-14)12-5-4-7-16-9-12/h4-5,7,9-11,15H,2-3,6,8H2,1H3/t15-/m1/s1. The minimum absolute atomic E-state index is 0.229. The van der Waals surface area contributed by atoms with Gasteiger partial charge >= 0.3 is 0 Å². The van der Waals surface area contributed by atoms with Crippen molar-refractivity contribution >= 4 is 10.0 Å². The van der Waals surface area contributed by atoms with Gasteiger partial charge < -0.3 is 0 Å². The van der Waals surface area contributed by atoms with Crippen molar-refractivity contribution in [2.45, 2.75) is 25.3 Å². The largest absolute Gasteiger partial charge is 0.264 e. The molecule has 7 heteroatoms. The van der Waals surface area contributed by atoms with Crippen LogP contribution in [0.4, 0.5) is 0 Å². The van der Waals surface area contributed by atoms with Crippen molar-refractivity contribution in [1.29, 1.82) is 0 Å². The van der Waals surface area contributed by atoms with E-state index in [0.717, 1.165) is 24.8 Å². The van der Waals surface area contributed by atoms with Gasteiger partial charge in [-0.25, -0.2) is 13.4 Å². The van der Waals surface area contributed by atoms with E-state index < -0.39 is 10.0 Å². The maximum atomic E-state index is 12.0. The summed E-state index contributed by atoms with van der Waals surface area (Å²) in [5.74, 6) is 0. The SMILES string of the molecule is CS(=O)(=O)N1CCCC[C@@H]1c1cncc(-c2cccnc2)n1. The van der Waals surface area contributed by atoms with E-state index in [1.807, 2.05) is 12.1 Å². The van der Waals surface area contributed by atoms with Crippen molar-refractivity contribution in [3.8, 4) is 11.3 Å². The zero-order valence-electron chi connectivity index (χ0n) is 12.4. The average molecular weight is 318 g/mol. The summed E-state index contributed by atoms with van der Waals surface area (Å²) in [6.07, 6.45) is 10.7. The molecule has 0 unspecified atom stereocenters. The third-order valence-electron chi connectivity index (χ3n) is 3.83. The Morgan fingerprint density at radius 1 is 1.18 bits per heavy atom. The van der Waals surface area contributed by atoms with Crippen molar-refractivity contribution in [2.75, 3.05) is 12.8 Å². The topological polar surface area (TPSA) is 76.1 Å². The van der Waals surface area contributed by atoms with Gasteiger partial charge in [0.05, 0.1) is 36.1 Å². The second kappa shape index (κ2) is 6.10. The fourth-order valence-electron chi connectivity index (χ4n) is 2.79. The highest BCUT2D eigenvalue weighted by atomic mass is 32.2. The van der Waals surface area contributed by atoms with Crippen LogP contribution in [0.3, 0.4) is 0 Å². The Labute approximate surface area is 130 Å². The van der Waals surface area contributed by atoms with Gasteiger partial charge in [-0.3, -0.25) is 9.97 Å². The lowest BCUT2D eigenvalue weighted by molar-refractivity contribution is 0.253. The van der Waals surface area contributed by atoms with Crippen molar-refractivity contribution in [1.82, 2.24) is 19.3 Å². The number of hydrogen-bond acceptors (Lipinski definition) is 5. The first-order chi connectivity index (χ1) is 10.6. The predicted molar refractivity (Wildman–Crippen MR) is 83.4 cm³/mol. The third kappa shape index (κ3) is 3.15. The molecular weight excluding hydrogens is 300 g/mol. The second-order valence-electron chi connectivity index (χ2n) is 5.46. The highest BCUT2D eigenvalue weighted by Crippen LogP contribution is 2.32. The molecule has 2 aromatic heterocycles. The van der Waals surface area contributed by atoms with Crippen LogP contribution in [-0.2, 0) is 10.0 Å². The van der Waals surface area contributed by atoms with Gasteiger partial charge in [-0.15, -0.1) is 0 Å². The van der Waals surface area contributed by atoms with Gasteiger partial charge in [0.25, 0.3) is 0 Å². The molecule has 2 aromatic rings. The van der Waals surface area contributed by atoms with Crippen LogP contribution >= 0.6 is 0 Å². The van der Waals surface area contributed by atoms with E-state index >= 15 is 0 Å². The molecule has 0 spiro atoms. The summed E-state index contributed by atoms with van der Waals surface area (Å²) < 4.78 is 25.5. The molecule has 116 valence electrons. The molecule has 6 nitrogen and oxygen atoms in total. The molecule has 0 aliphatic carbocycles. The number of aromatic nitrogens is 3. The van der Waals surface area contributed by atoms with Gasteiger partial charge in [-0.05, 0) is 25.0 Å². The molecule has 0 amide bonds. The quantitative estimate of drug-likeness (QED) is 0.865. The fraction of sp³-hybridized carbons (Fsp3) is 0.400. The van der Waals surface area contributed by atoms with Gasteiger partial charge in [0.15, 0.2) is 0 Å². The molecule has 1 fully saturated rings. The normalized spacial score (nSPS) is 20.0. The van der Waals surface area contributed by atoms with Gasteiger partial charge in [-0.1, -0.05) is 6.42 Å². The Bertz CT molecular complexity index is 749. The Morgan fingerprint density at radius 3 is 2.77 bits per heavy atom. The van der Waals surface area contributed by atoms with E-state index in [9.17, 15) is 8.42 Å². The van der Waals surface area contributed by atoms with Gasteiger partial charge in [0.1, 0.15) is 0 Å². The van der Waals surface area contributed by atoms with E-state index in [4.69, 9.17) is 0 Å². The molecule has 3 rings (SSSR count). The molecule has 0 bridgehead atoms. The highest BCUT2D eigenvalue weighted by molar-refractivity contribution is 7.88. The highest BCUT2D eigenvalue weighted by Gasteiger charge is 2.31. The maximum Gasteiger partial charge on any atom is 0.211 e. The molecule has 0 N–H and O–H groups in total. The van der Waals surface area contributed by atoms with Crippen LogP contribution in [0, 0.1) is 0 Å². The minimum atomic E-state index is -3.25. The minimum Gasteiger partial charge on any atom is -0.264 e. The zero-order chi connectivity index (χ0) is 15.6. The summed E-state index contributed by atoms with van der Waals surface area (Å²) in [5, 5.41) is 0. The second-order valence-corrected chi connectivity index (χ2v) is 7.39. The first-order valence-electron chi connectivity index (χ1n) is 7.25. The zero-order valence-corrected chi connectivity index (χ0v) is 13.2. The van der Waals surface area contributed by atoms with Crippen molar-refractivity contribution in [3.05, 3.63) is 42.6 Å². The maximum absolute atomic E-state index is 12.0. The molecule has 1 atom stereocenters. The molecule has 0 aromatic carbocycles. The molecular formula is C15H18N4O2S. The van der Waals surface area contributed by atoms with Crippen LogP contribution in [0.2, 0.25) is 0 Å². The van der Waals surface area contributed by atoms with Crippen LogP contribution in [0.25, 0.3) is 11.3 Å². The number of rotatable bonds is 3. The first-order valence-corrected chi connectivity index (χ1v) is 9.10. The van der Waals surface area contributed by atoms with E-state index in [2.05, 4.69) is 15.0 Å². The monoisotopic (exact) mass is 318 g/mol. The van der Waals surface area contributed by atoms with Crippen LogP contribution < -0.4 is 0 Å². The Balaban J connectivity index is 1.97. The van der Waals surface area contributed by atoms with Gasteiger partial charge in [-0.2, -0.15) is 4.31 Å². The van der Waals surface area contributed by atoms with E-state index in [-0.39, 0.29) is 6.04 Å². The van der Waals surface area contributed by atoms with Gasteiger partial charge in [0.2, 0.25) is 10.0 Å². The van der Waals surface area contributed by atoms with Crippen molar-refractivity contribution in [3.63, 3.8) is 0 Å². The fourth-order valence-corrected chi connectivity index (χ4v) is 3.93. The van der Waals surface area contributed by atoms with Crippen molar-refractivity contribution in [2.24, 2.45) is 0 Å².